The van der Waals surface area contributed by atoms with E-state index in [0.717, 1.165) is 0 Å². The molecule has 144 valence electrons. The highest BCUT2D eigenvalue weighted by Crippen LogP contribution is 2.38. The van der Waals surface area contributed by atoms with Crippen LogP contribution in [0.2, 0.25) is 0 Å². The zero-order valence-corrected chi connectivity index (χ0v) is 17.6. The summed E-state index contributed by atoms with van der Waals surface area (Å²) in [4.78, 5) is 7.98. The molecule has 0 bridgehead atoms. The normalized spacial score (nSPS) is 10.1. The minimum atomic E-state index is -0.916. The fraction of sp³-hybridized carbons (Fsp3) is 0.0526. The number of aliphatic hydroxyl groups is 1. The van der Waals surface area contributed by atoms with Crippen LogP contribution in [0.1, 0.15) is 16.8 Å². The Morgan fingerprint density at radius 3 is 2.21 bits per heavy atom. The summed E-state index contributed by atoms with van der Waals surface area (Å²) in [6.45, 7) is -0.664. The van der Waals surface area contributed by atoms with Crippen molar-refractivity contribution in [3.05, 3.63) is 68.0 Å². The maximum absolute atomic E-state index is 14.6. The molecule has 29 heavy (non-hydrogen) atoms. The van der Waals surface area contributed by atoms with Crippen LogP contribution < -0.4 is 10.1 Å². The molecule has 3 aromatic rings. The van der Waals surface area contributed by atoms with Crippen molar-refractivity contribution >= 4 is 43.5 Å². The van der Waals surface area contributed by atoms with Gasteiger partial charge in [-0.15, -0.1) is 0 Å². The predicted octanol–water partition coefficient (Wildman–Crippen LogP) is 4.91. The Hall–Kier alpha value is -3.05. The summed E-state index contributed by atoms with van der Waals surface area (Å²) >= 11 is 6.56. The maximum atomic E-state index is 14.6. The molecule has 0 aliphatic heterocycles. The molecule has 0 unspecified atom stereocenters. The lowest BCUT2D eigenvalue weighted by Crippen LogP contribution is -2.06. The van der Waals surface area contributed by atoms with Crippen molar-refractivity contribution in [2.45, 2.75) is 6.61 Å². The lowest BCUT2D eigenvalue weighted by molar-refractivity contribution is 0.266. The molecule has 0 amide bonds. The van der Waals surface area contributed by atoms with E-state index < -0.39 is 18.3 Å². The van der Waals surface area contributed by atoms with Crippen LogP contribution in [-0.4, -0.2) is 15.1 Å². The minimum absolute atomic E-state index is 0.00366. The van der Waals surface area contributed by atoms with Crippen LogP contribution in [0.3, 0.4) is 0 Å². The van der Waals surface area contributed by atoms with Crippen LogP contribution in [0.25, 0.3) is 0 Å². The number of hydrogen-bond acceptors (Lipinski definition) is 7. The number of nitrogens with one attached hydrogen (secondary N) is 1. The van der Waals surface area contributed by atoms with Gasteiger partial charge in [0.1, 0.15) is 5.69 Å². The molecule has 0 aliphatic carbocycles. The Balaban J connectivity index is 1.98. The summed E-state index contributed by atoms with van der Waals surface area (Å²) in [6, 6.07) is 13.5. The first-order valence-corrected chi connectivity index (χ1v) is 9.55. The third-order valence-corrected chi connectivity index (χ3v) is 4.81. The summed E-state index contributed by atoms with van der Waals surface area (Å²) in [5.74, 6) is -1.13. The van der Waals surface area contributed by atoms with Crippen molar-refractivity contribution in [3.63, 3.8) is 0 Å². The molecule has 10 heteroatoms. The van der Waals surface area contributed by atoms with Gasteiger partial charge in [0.15, 0.2) is 5.75 Å². The monoisotopic (exact) mass is 517 g/mol. The van der Waals surface area contributed by atoms with Gasteiger partial charge < -0.3 is 15.2 Å². The molecule has 0 saturated carbocycles. The van der Waals surface area contributed by atoms with Crippen molar-refractivity contribution in [1.82, 2.24) is 9.97 Å². The van der Waals surface area contributed by atoms with E-state index in [1.54, 1.807) is 24.3 Å². The highest BCUT2D eigenvalue weighted by Gasteiger charge is 2.19. The molecule has 0 aliphatic rings. The van der Waals surface area contributed by atoms with Crippen LogP contribution in [0, 0.1) is 28.5 Å². The molecule has 0 spiro atoms. The first-order valence-electron chi connectivity index (χ1n) is 7.96. The van der Waals surface area contributed by atoms with Crippen molar-refractivity contribution < 1.29 is 14.2 Å². The average Bonchev–Trinajstić information content (AvgIpc) is 2.72. The second-order valence-electron chi connectivity index (χ2n) is 5.57. The Labute approximate surface area is 181 Å². The van der Waals surface area contributed by atoms with Crippen LogP contribution >= 0.6 is 31.9 Å². The lowest BCUT2D eigenvalue weighted by Gasteiger charge is -2.13. The third-order valence-electron chi connectivity index (χ3n) is 3.64. The van der Waals surface area contributed by atoms with Crippen LogP contribution in [-0.2, 0) is 6.61 Å². The summed E-state index contributed by atoms with van der Waals surface area (Å²) < 4.78 is 21.1. The zero-order valence-electron chi connectivity index (χ0n) is 14.4. The van der Waals surface area contributed by atoms with Crippen molar-refractivity contribution in [3.8, 4) is 23.8 Å². The molecular formula is C19H10Br2FN5O2. The van der Waals surface area contributed by atoms with Gasteiger partial charge in [0.05, 0.1) is 38.8 Å². The van der Waals surface area contributed by atoms with Gasteiger partial charge in [-0.2, -0.15) is 19.9 Å². The van der Waals surface area contributed by atoms with E-state index in [1.165, 1.54) is 12.1 Å². The fourth-order valence-corrected chi connectivity index (χ4v) is 3.62. The standard InChI is InChI=1S/C19H10Br2FN5O2/c20-13-5-11(8-24)6-14(21)17(13)29-18-16(22)15(9-28)26-19(27-18)25-12-3-1-10(7-23)2-4-12/h1-6,28H,9H2,(H,25,26,27). The number of aliphatic hydroxyl groups excluding tert-OH is 1. The highest BCUT2D eigenvalue weighted by atomic mass is 79.9. The van der Waals surface area contributed by atoms with E-state index in [9.17, 15) is 9.50 Å². The number of anilines is 2. The molecule has 0 atom stereocenters. The SMILES string of the molecule is N#Cc1ccc(Nc2nc(CO)c(F)c(Oc3c(Br)cc(C#N)cc3Br)n2)cc1. The second-order valence-corrected chi connectivity index (χ2v) is 7.28. The summed E-state index contributed by atoms with van der Waals surface area (Å²) in [6.07, 6.45) is 0. The van der Waals surface area contributed by atoms with Gasteiger partial charge in [-0.25, -0.2) is 4.98 Å². The van der Waals surface area contributed by atoms with Gasteiger partial charge in [-0.3, -0.25) is 0 Å². The highest BCUT2D eigenvalue weighted by molar-refractivity contribution is 9.11. The molecular weight excluding hydrogens is 509 g/mol. The second kappa shape index (κ2) is 8.97. The fourth-order valence-electron chi connectivity index (χ4n) is 2.27. The first-order chi connectivity index (χ1) is 13.9. The Kier molecular flexibility index (Phi) is 6.39. The number of rotatable bonds is 5. The van der Waals surface area contributed by atoms with Gasteiger partial charge in [0.2, 0.25) is 11.8 Å². The number of halogens is 3. The van der Waals surface area contributed by atoms with E-state index in [4.69, 9.17) is 15.3 Å². The van der Waals surface area contributed by atoms with E-state index in [2.05, 4.69) is 47.1 Å². The van der Waals surface area contributed by atoms with Crippen molar-refractivity contribution in [1.29, 1.82) is 10.5 Å². The summed E-state index contributed by atoms with van der Waals surface area (Å²) in [5.41, 5.74) is 1.16. The summed E-state index contributed by atoms with van der Waals surface area (Å²) in [5, 5.41) is 30.2. The quantitative estimate of drug-likeness (QED) is 0.493. The van der Waals surface area contributed by atoms with Crippen molar-refractivity contribution in [2.75, 3.05) is 5.32 Å². The number of aromatic nitrogens is 2. The number of nitrogens with zero attached hydrogens (tertiary/aromatic N) is 4. The maximum Gasteiger partial charge on any atom is 0.261 e. The molecule has 3 rings (SSSR count). The molecule has 1 aromatic heterocycles. The molecule has 0 fully saturated rings. The zero-order chi connectivity index (χ0) is 21.0. The third kappa shape index (κ3) is 4.69. The van der Waals surface area contributed by atoms with Gasteiger partial charge in [0, 0.05) is 5.69 Å². The molecule has 1 heterocycles. The molecule has 0 radical (unpaired) electrons. The van der Waals surface area contributed by atoms with E-state index >= 15 is 0 Å². The van der Waals surface area contributed by atoms with Crippen LogP contribution in [0.5, 0.6) is 11.6 Å². The van der Waals surface area contributed by atoms with Gasteiger partial charge >= 0.3 is 0 Å². The first kappa shape index (κ1) is 20.7. The minimum Gasteiger partial charge on any atom is -0.434 e. The Morgan fingerprint density at radius 2 is 1.66 bits per heavy atom. The Bertz CT molecular complexity index is 1130. The van der Waals surface area contributed by atoms with Crippen molar-refractivity contribution in [2.24, 2.45) is 0 Å². The largest absolute Gasteiger partial charge is 0.434 e. The van der Waals surface area contributed by atoms with E-state index in [1.807, 2.05) is 12.1 Å². The van der Waals surface area contributed by atoms with Gasteiger partial charge in [-0.05, 0) is 68.3 Å². The summed E-state index contributed by atoms with van der Waals surface area (Å²) in [7, 11) is 0. The number of hydrogen-bond donors (Lipinski definition) is 2. The van der Waals surface area contributed by atoms with Crippen LogP contribution in [0.4, 0.5) is 16.0 Å². The number of nitriles is 2. The van der Waals surface area contributed by atoms with Gasteiger partial charge in [0.25, 0.3) is 5.88 Å². The number of ether oxygens (including phenoxy) is 1. The van der Waals surface area contributed by atoms with E-state index in [0.29, 0.717) is 25.8 Å². The Morgan fingerprint density at radius 1 is 1.03 bits per heavy atom. The number of benzene rings is 2. The lowest BCUT2D eigenvalue weighted by atomic mass is 10.2. The van der Waals surface area contributed by atoms with Gasteiger partial charge in [-0.1, -0.05) is 0 Å². The predicted molar refractivity (Wildman–Crippen MR) is 109 cm³/mol. The smallest absolute Gasteiger partial charge is 0.261 e. The molecule has 2 aromatic carbocycles. The molecule has 0 saturated heterocycles. The van der Waals surface area contributed by atoms with Crippen LogP contribution in [0.15, 0.2) is 45.3 Å². The molecule has 2 N–H and O–H groups in total. The van der Waals surface area contributed by atoms with E-state index in [-0.39, 0.29) is 17.4 Å². The topological polar surface area (TPSA) is 115 Å². The molecule has 7 nitrogen and oxygen atoms in total. The average molecular weight is 519 g/mol.